The third kappa shape index (κ3) is 3.64. The molecule has 6 nitrogen and oxygen atoms in total. The van der Waals surface area contributed by atoms with Crippen LogP contribution >= 0.6 is 0 Å². The Labute approximate surface area is 186 Å². The van der Waals surface area contributed by atoms with Gasteiger partial charge in [0.25, 0.3) is 0 Å². The predicted molar refractivity (Wildman–Crippen MR) is 124 cm³/mol. The van der Waals surface area contributed by atoms with Crippen LogP contribution in [-0.2, 0) is 6.61 Å². The number of fused-ring (bicyclic) bond motifs is 1. The highest BCUT2D eigenvalue weighted by molar-refractivity contribution is 5.83. The fourth-order valence-corrected chi connectivity index (χ4v) is 3.90. The Balaban J connectivity index is 1.45. The Hall–Kier alpha value is -3.93. The van der Waals surface area contributed by atoms with Crippen LogP contribution < -0.4 is 4.74 Å². The minimum Gasteiger partial charge on any atom is -0.471 e. The molecule has 0 bridgehead atoms. The monoisotopic (exact) mass is 424 g/mol. The second-order valence-corrected chi connectivity index (χ2v) is 7.99. The van der Waals surface area contributed by atoms with Crippen molar-refractivity contribution in [3.63, 3.8) is 0 Å². The standard InChI is InChI=1S/C26H24N4O2/c1-16-9-8-10-20(13-16)26-27-22(19(4)32-26)15-31-23-14-17(2)24-18(3)29-30(25(24)28-23)21-11-6-5-7-12-21/h5-14H,15H2,1-4H3. The van der Waals surface area contributed by atoms with E-state index in [0.29, 0.717) is 11.8 Å². The molecule has 0 fully saturated rings. The summed E-state index contributed by atoms with van der Waals surface area (Å²) < 4.78 is 13.8. The van der Waals surface area contributed by atoms with Gasteiger partial charge in [-0.15, -0.1) is 0 Å². The molecule has 6 heteroatoms. The molecule has 0 aliphatic rings. The fourth-order valence-electron chi connectivity index (χ4n) is 3.90. The fraction of sp³-hybridized carbons (Fsp3) is 0.192. The molecule has 0 radical (unpaired) electrons. The molecule has 0 unspecified atom stereocenters. The zero-order valence-electron chi connectivity index (χ0n) is 18.6. The van der Waals surface area contributed by atoms with Crippen molar-refractivity contribution in [2.45, 2.75) is 34.3 Å². The number of aromatic nitrogens is 4. The van der Waals surface area contributed by atoms with Gasteiger partial charge in [0.05, 0.1) is 11.4 Å². The molecular formula is C26H24N4O2. The first-order valence-electron chi connectivity index (χ1n) is 10.6. The summed E-state index contributed by atoms with van der Waals surface area (Å²) in [5.41, 5.74) is 6.63. The molecule has 0 saturated carbocycles. The third-order valence-corrected chi connectivity index (χ3v) is 5.50. The van der Waals surface area contributed by atoms with E-state index in [2.05, 4.69) is 31.0 Å². The summed E-state index contributed by atoms with van der Waals surface area (Å²) in [4.78, 5) is 9.43. The van der Waals surface area contributed by atoms with Crippen molar-refractivity contribution in [2.75, 3.05) is 0 Å². The molecule has 32 heavy (non-hydrogen) atoms. The summed E-state index contributed by atoms with van der Waals surface area (Å²) in [6.07, 6.45) is 0. The Morgan fingerprint density at radius 3 is 2.50 bits per heavy atom. The molecule has 0 aliphatic heterocycles. The summed E-state index contributed by atoms with van der Waals surface area (Å²) >= 11 is 0. The summed E-state index contributed by atoms with van der Waals surface area (Å²) in [5, 5.41) is 5.75. The molecule has 5 rings (SSSR count). The van der Waals surface area contributed by atoms with Crippen molar-refractivity contribution in [3.8, 4) is 23.0 Å². The van der Waals surface area contributed by atoms with E-state index < -0.39 is 0 Å². The molecular weight excluding hydrogens is 400 g/mol. The minimum absolute atomic E-state index is 0.275. The Kier molecular flexibility index (Phi) is 4.98. The van der Waals surface area contributed by atoms with Crippen LogP contribution in [0.25, 0.3) is 28.2 Å². The maximum Gasteiger partial charge on any atom is 0.226 e. The van der Waals surface area contributed by atoms with Gasteiger partial charge in [-0.3, -0.25) is 0 Å². The van der Waals surface area contributed by atoms with E-state index in [1.165, 1.54) is 0 Å². The summed E-state index contributed by atoms with van der Waals surface area (Å²) in [5.74, 6) is 1.87. The molecule has 0 aliphatic carbocycles. The van der Waals surface area contributed by atoms with Gasteiger partial charge in [-0.05, 0) is 57.5 Å². The lowest BCUT2D eigenvalue weighted by molar-refractivity contribution is 0.288. The van der Waals surface area contributed by atoms with Crippen molar-refractivity contribution in [1.29, 1.82) is 0 Å². The number of hydrogen-bond donors (Lipinski definition) is 0. The van der Waals surface area contributed by atoms with Crippen LogP contribution in [0.4, 0.5) is 0 Å². The van der Waals surface area contributed by atoms with E-state index in [9.17, 15) is 0 Å². The number of oxazole rings is 1. The SMILES string of the molecule is Cc1cccc(-c2nc(COc3cc(C)c4c(C)nn(-c5ccccc5)c4n3)c(C)o2)c1. The van der Waals surface area contributed by atoms with E-state index in [0.717, 1.165) is 50.6 Å². The smallest absolute Gasteiger partial charge is 0.226 e. The van der Waals surface area contributed by atoms with Gasteiger partial charge in [0.1, 0.15) is 18.1 Å². The number of hydrogen-bond acceptors (Lipinski definition) is 5. The Bertz CT molecular complexity index is 1420. The molecule has 3 heterocycles. The lowest BCUT2D eigenvalue weighted by atomic mass is 10.1. The minimum atomic E-state index is 0.275. The molecule has 0 N–H and O–H groups in total. The van der Waals surface area contributed by atoms with Gasteiger partial charge >= 0.3 is 0 Å². The molecule has 2 aromatic carbocycles. The van der Waals surface area contributed by atoms with Crippen LogP contribution in [0.2, 0.25) is 0 Å². The number of aryl methyl sites for hydroxylation is 4. The Morgan fingerprint density at radius 1 is 0.906 bits per heavy atom. The molecule has 5 aromatic rings. The van der Waals surface area contributed by atoms with E-state index in [1.807, 2.05) is 67.1 Å². The molecule has 0 atom stereocenters. The topological polar surface area (TPSA) is 66.0 Å². The summed E-state index contributed by atoms with van der Waals surface area (Å²) in [7, 11) is 0. The normalized spacial score (nSPS) is 11.2. The van der Waals surface area contributed by atoms with Gasteiger partial charge in [0.15, 0.2) is 5.65 Å². The van der Waals surface area contributed by atoms with Crippen LogP contribution in [0.15, 0.2) is 65.1 Å². The van der Waals surface area contributed by atoms with Gasteiger partial charge in [0.2, 0.25) is 11.8 Å². The van der Waals surface area contributed by atoms with Gasteiger partial charge < -0.3 is 9.15 Å². The van der Waals surface area contributed by atoms with Crippen molar-refractivity contribution >= 4 is 11.0 Å². The lowest BCUT2D eigenvalue weighted by Crippen LogP contribution is -2.02. The highest BCUT2D eigenvalue weighted by Crippen LogP contribution is 2.28. The first-order valence-corrected chi connectivity index (χ1v) is 10.6. The van der Waals surface area contributed by atoms with Crippen LogP contribution in [-0.4, -0.2) is 19.7 Å². The lowest BCUT2D eigenvalue weighted by Gasteiger charge is -2.07. The average molecular weight is 425 g/mol. The predicted octanol–water partition coefficient (Wildman–Crippen LogP) is 5.89. The van der Waals surface area contributed by atoms with Crippen LogP contribution in [0, 0.1) is 27.7 Å². The largest absolute Gasteiger partial charge is 0.471 e. The number of rotatable bonds is 5. The van der Waals surface area contributed by atoms with Crippen LogP contribution in [0.5, 0.6) is 5.88 Å². The van der Waals surface area contributed by atoms with Crippen molar-refractivity contribution in [2.24, 2.45) is 0 Å². The van der Waals surface area contributed by atoms with Gasteiger partial charge in [-0.2, -0.15) is 10.1 Å². The number of nitrogens with zero attached hydrogens (tertiary/aromatic N) is 4. The first-order chi connectivity index (χ1) is 15.5. The zero-order chi connectivity index (χ0) is 22.2. The number of pyridine rings is 1. The third-order valence-electron chi connectivity index (χ3n) is 5.50. The number of benzene rings is 2. The molecule has 3 aromatic heterocycles. The van der Waals surface area contributed by atoms with Crippen molar-refractivity contribution in [3.05, 3.63) is 88.9 Å². The highest BCUT2D eigenvalue weighted by Gasteiger charge is 2.16. The van der Waals surface area contributed by atoms with E-state index in [-0.39, 0.29) is 6.61 Å². The van der Waals surface area contributed by atoms with Crippen LogP contribution in [0.1, 0.15) is 28.3 Å². The average Bonchev–Trinajstić information content (AvgIpc) is 3.33. The van der Waals surface area contributed by atoms with E-state index in [4.69, 9.17) is 19.2 Å². The van der Waals surface area contributed by atoms with Gasteiger partial charge in [-0.1, -0.05) is 35.9 Å². The summed E-state index contributed by atoms with van der Waals surface area (Å²) in [6, 6.07) is 20.1. The highest BCUT2D eigenvalue weighted by atomic mass is 16.5. The zero-order valence-corrected chi connectivity index (χ0v) is 18.6. The molecule has 0 amide bonds. The molecule has 160 valence electrons. The van der Waals surface area contributed by atoms with E-state index >= 15 is 0 Å². The van der Waals surface area contributed by atoms with Crippen LogP contribution in [0.3, 0.4) is 0 Å². The quantitative estimate of drug-likeness (QED) is 0.352. The first kappa shape index (κ1) is 20.0. The van der Waals surface area contributed by atoms with Crippen molar-refractivity contribution in [1.82, 2.24) is 19.7 Å². The van der Waals surface area contributed by atoms with Crippen molar-refractivity contribution < 1.29 is 9.15 Å². The maximum atomic E-state index is 6.06. The number of para-hydroxylation sites is 1. The van der Waals surface area contributed by atoms with Gasteiger partial charge in [0, 0.05) is 17.0 Å². The van der Waals surface area contributed by atoms with Gasteiger partial charge in [-0.25, -0.2) is 9.67 Å². The van der Waals surface area contributed by atoms with E-state index in [1.54, 1.807) is 0 Å². The second kappa shape index (κ2) is 7.96. The summed E-state index contributed by atoms with van der Waals surface area (Å²) in [6.45, 7) is 8.29. The second-order valence-electron chi connectivity index (χ2n) is 7.99. The number of ether oxygens (including phenoxy) is 1. The Morgan fingerprint density at radius 2 is 1.72 bits per heavy atom. The maximum absolute atomic E-state index is 6.06. The molecule has 0 saturated heterocycles. The molecule has 0 spiro atoms.